The van der Waals surface area contributed by atoms with E-state index in [0.29, 0.717) is 18.5 Å². The van der Waals surface area contributed by atoms with E-state index in [9.17, 15) is 4.79 Å². The lowest BCUT2D eigenvalue weighted by Gasteiger charge is -2.40. The zero-order chi connectivity index (χ0) is 16.9. The number of nitrogens with zero attached hydrogens (tertiary/aromatic N) is 3. The maximum absolute atomic E-state index is 12.7. The summed E-state index contributed by atoms with van der Waals surface area (Å²) >= 11 is 0. The average molecular weight is 336 g/mol. The van der Waals surface area contributed by atoms with Crippen LogP contribution in [0.4, 0.5) is 0 Å². The lowest BCUT2D eigenvalue weighted by Crippen LogP contribution is -2.50. The van der Waals surface area contributed by atoms with Crippen LogP contribution in [0.1, 0.15) is 65.2 Å². The van der Waals surface area contributed by atoms with Crippen molar-refractivity contribution < 1.29 is 4.79 Å². The van der Waals surface area contributed by atoms with E-state index in [1.807, 2.05) is 0 Å². The molecule has 0 N–H and O–H groups in total. The maximum Gasteiger partial charge on any atom is 0.236 e. The minimum Gasteiger partial charge on any atom is -0.339 e. The first-order valence-corrected chi connectivity index (χ1v) is 10.4. The van der Waals surface area contributed by atoms with Crippen molar-refractivity contribution in [2.24, 2.45) is 5.92 Å². The molecule has 24 heavy (non-hydrogen) atoms. The Kier molecular flexibility index (Phi) is 6.56. The molecule has 0 bridgehead atoms. The number of hydrogen-bond donors (Lipinski definition) is 0. The van der Waals surface area contributed by atoms with E-state index in [1.54, 1.807) is 0 Å². The van der Waals surface area contributed by atoms with Crippen LogP contribution in [0.3, 0.4) is 0 Å². The van der Waals surface area contributed by atoms with E-state index in [4.69, 9.17) is 0 Å². The molecule has 4 heteroatoms. The number of likely N-dealkylation sites (tertiary alicyclic amines) is 3. The van der Waals surface area contributed by atoms with Gasteiger partial charge in [-0.3, -0.25) is 9.69 Å². The van der Waals surface area contributed by atoms with Gasteiger partial charge in [0.25, 0.3) is 0 Å². The minimum absolute atomic E-state index is 0.370. The molecule has 3 heterocycles. The van der Waals surface area contributed by atoms with Crippen LogP contribution in [0, 0.1) is 5.92 Å². The van der Waals surface area contributed by atoms with Crippen molar-refractivity contribution in [1.82, 2.24) is 14.7 Å². The third kappa shape index (κ3) is 4.72. The fraction of sp³-hybridized carbons (Fsp3) is 0.950. The summed E-state index contributed by atoms with van der Waals surface area (Å²) in [5.41, 5.74) is 0. The topological polar surface area (TPSA) is 26.8 Å². The smallest absolute Gasteiger partial charge is 0.236 e. The summed E-state index contributed by atoms with van der Waals surface area (Å²) in [7, 11) is 0. The molecule has 3 atom stereocenters. The Morgan fingerprint density at radius 1 is 0.875 bits per heavy atom. The molecular weight excluding hydrogens is 298 g/mol. The van der Waals surface area contributed by atoms with Gasteiger partial charge >= 0.3 is 0 Å². The maximum atomic E-state index is 12.7. The molecule has 3 unspecified atom stereocenters. The van der Waals surface area contributed by atoms with Crippen LogP contribution in [-0.4, -0.2) is 72.0 Å². The molecule has 0 radical (unpaired) electrons. The second kappa shape index (κ2) is 8.66. The zero-order valence-corrected chi connectivity index (χ0v) is 15.9. The molecule has 3 rings (SSSR count). The van der Waals surface area contributed by atoms with E-state index in [1.165, 1.54) is 64.5 Å². The van der Waals surface area contributed by atoms with E-state index in [0.717, 1.165) is 31.6 Å². The molecule has 3 fully saturated rings. The molecule has 0 saturated carbocycles. The second-order valence-electron chi connectivity index (χ2n) is 8.52. The molecule has 0 aromatic heterocycles. The first-order valence-electron chi connectivity index (χ1n) is 10.4. The Morgan fingerprint density at radius 3 is 2.38 bits per heavy atom. The van der Waals surface area contributed by atoms with Crippen LogP contribution < -0.4 is 0 Å². The van der Waals surface area contributed by atoms with Crippen LogP contribution in [0.15, 0.2) is 0 Å². The monoisotopic (exact) mass is 335 g/mol. The van der Waals surface area contributed by atoms with Crippen molar-refractivity contribution in [3.05, 3.63) is 0 Å². The molecule has 1 amide bonds. The van der Waals surface area contributed by atoms with Gasteiger partial charge in [-0.25, -0.2) is 0 Å². The highest BCUT2D eigenvalue weighted by Crippen LogP contribution is 2.23. The van der Waals surface area contributed by atoms with Crippen molar-refractivity contribution in [1.29, 1.82) is 0 Å². The highest BCUT2D eigenvalue weighted by molar-refractivity contribution is 5.78. The number of piperidine rings is 3. The molecule has 0 aliphatic carbocycles. The third-order valence-corrected chi connectivity index (χ3v) is 6.52. The molecule has 3 aliphatic rings. The highest BCUT2D eigenvalue weighted by Gasteiger charge is 2.29. The Balaban J connectivity index is 1.47. The van der Waals surface area contributed by atoms with Gasteiger partial charge in [0, 0.05) is 31.7 Å². The van der Waals surface area contributed by atoms with E-state index < -0.39 is 0 Å². The molecule has 0 aromatic rings. The molecule has 0 aromatic carbocycles. The summed E-state index contributed by atoms with van der Waals surface area (Å²) < 4.78 is 0. The van der Waals surface area contributed by atoms with Crippen molar-refractivity contribution in [3.8, 4) is 0 Å². The summed E-state index contributed by atoms with van der Waals surface area (Å²) in [6.45, 7) is 11.0. The van der Waals surface area contributed by atoms with Crippen LogP contribution in [0.25, 0.3) is 0 Å². The van der Waals surface area contributed by atoms with Gasteiger partial charge in [0.05, 0.1) is 6.54 Å². The Labute approximate surface area is 148 Å². The Morgan fingerprint density at radius 2 is 1.62 bits per heavy atom. The van der Waals surface area contributed by atoms with Gasteiger partial charge < -0.3 is 9.80 Å². The number of rotatable bonds is 4. The SMILES string of the molecule is CC1CCCCN1CC1CCCN(CC(=O)N2CCCCC2C)C1. The predicted molar refractivity (Wildman–Crippen MR) is 99.1 cm³/mol. The van der Waals surface area contributed by atoms with Crippen molar-refractivity contribution >= 4 is 5.91 Å². The summed E-state index contributed by atoms with van der Waals surface area (Å²) in [6, 6.07) is 1.20. The number of amides is 1. The summed E-state index contributed by atoms with van der Waals surface area (Å²) in [6.07, 6.45) is 10.4. The average Bonchev–Trinajstić information content (AvgIpc) is 2.58. The quantitative estimate of drug-likeness (QED) is 0.790. The predicted octanol–water partition coefficient (Wildman–Crippen LogP) is 2.97. The number of carbonyl (C=O) groups is 1. The summed E-state index contributed by atoms with van der Waals surface area (Å²) in [4.78, 5) is 20.0. The summed E-state index contributed by atoms with van der Waals surface area (Å²) in [5.74, 6) is 1.13. The fourth-order valence-corrected chi connectivity index (χ4v) is 4.96. The number of carbonyl (C=O) groups excluding carboxylic acids is 1. The first kappa shape index (κ1) is 18.2. The fourth-order valence-electron chi connectivity index (χ4n) is 4.96. The van der Waals surface area contributed by atoms with E-state index in [2.05, 4.69) is 28.5 Å². The van der Waals surface area contributed by atoms with Crippen LogP contribution in [0.2, 0.25) is 0 Å². The molecule has 3 aliphatic heterocycles. The van der Waals surface area contributed by atoms with E-state index >= 15 is 0 Å². The standard InChI is InChI=1S/C20H37N3O/c1-17-8-3-5-12-22(17)15-19-10-7-11-21(14-19)16-20(24)23-13-6-4-9-18(23)2/h17-19H,3-16H2,1-2H3. The van der Waals surface area contributed by atoms with Gasteiger partial charge in [-0.05, 0) is 77.8 Å². The Bertz CT molecular complexity index is 414. The molecule has 138 valence electrons. The Hall–Kier alpha value is -0.610. The minimum atomic E-state index is 0.370. The summed E-state index contributed by atoms with van der Waals surface area (Å²) in [5, 5.41) is 0. The van der Waals surface area contributed by atoms with Gasteiger partial charge in [0.1, 0.15) is 0 Å². The molecule has 3 saturated heterocycles. The van der Waals surface area contributed by atoms with Gasteiger partial charge in [0.15, 0.2) is 0 Å². The largest absolute Gasteiger partial charge is 0.339 e. The van der Waals surface area contributed by atoms with Gasteiger partial charge in [-0.15, -0.1) is 0 Å². The number of hydrogen-bond acceptors (Lipinski definition) is 3. The van der Waals surface area contributed by atoms with Gasteiger partial charge in [-0.2, -0.15) is 0 Å². The van der Waals surface area contributed by atoms with Crippen LogP contribution in [-0.2, 0) is 4.79 Å². The first-order chi connectivity index (χ1) is 11.6. The second-order valence-corrected chi connectivity index (χ2v) is 8.52. The molecule has 4 nitrogen and oxygen atoms in total. The zero-order valence-electron chi connectivity index (χ0n) is 15.9. The lowest BCUT2D eigenvalue weighted by molar-refractivity contribution is -0.136. The lowest BCUT2D eigenvalue weighted by atomic mass is 9.94. The van der Waals surface area contributed by atoms with Crippen molar-refractivity contribution in [3.63, 3.8) is 0 Å². The van der Waals surface area contributed by atoms with Crippen molar-refractivity contribution in [2.45, 2.75) is 77.3 Å². The molecular formula is C20H37N3O. The van der Waals surface area contributed by atoms with Gasteiger partial charge in [0.2, 0.25) is 5.91 Å². The van der Waals surface area contributed by atoms with Crippen LogP contribution in [0.5, 0.6) is 0 Å². The van der Waals surface area contributed by atoms with Crippen molar-refractivity contribution in [2.75, 3.05) is 39.3 Å². The van der Waals surface area contributed by atoms with E-state index in [-0.39, 0.29) is 0 Å². The normalized spacial score (nSPS) is 33.6. The van der Waals surface area contributed by atoms with Crippen LogP contribution >= 0.6 is 0 Å². The van der Waals surface area contributed by atoms with Gasteiger partial charge in [-0.1, -0.05) is 6.42 Å². The third-order valence-electron chi connectivity index (χ3n) is 6.52. The molecule has 0 spiro atoms. The highest BCUT2D eigenvalue weighted by atomic mass is 16.2.